The average Bonchev–Trinajstić information content (AvgIpc) is 2.46. The number of benzene rings is 1. The largest absolute Gasteiger partial charge is 0.508 e. The Morgan fingerprint density at radius 2 is 1.95 bits per heavy atom. The number of hydrogen-bond acceptors (Lipinski definition) is 3. The molecule has 0 radical (unpaired) electrons. The standard InChI is InChI=1S/C16H25NO2/c1-2-9-17-16(14-7-10-19-11-8-14)12-13-3-5-15(18)6-4-13/h3-6,14,16-18H,2,7-12H2,1H3. The Morgan fingerprint density at radius 3 is 2.58 bits per heavy atom. The molecule has 3 heteroatoms. The van der Waals surface area contributed by atoms with Crippen LogP contribution in [0.5, 0.6) is 5.75 Å². The first-order chi connectivity index (χ1) is 9.29. The van der Waals surface area contributed by atoms with Crippen LogP contribution in [0.1, 0.15) is 31.7 Å². The van der Waals surface area contributed by atoms with Gasteiger partial charge in [-0.15, -0.1) is 0 Å². The second-order valence-electron chi connectivity index (χ2n) is 5.38. The molecule has 106 valence electrons. The van der Waals surface area contributed by atoms with Crippen LogP contribution in [0.4, 0.5) is 0 Å². The van der Waals surface area contributed by atoms with Crippen molar-refractivity contribution < 1.29 is 9.84 Å². The first kappa shape index (κ1) is 14.4. The van der Waals surface area contributed by atoms with Gasteiger partial charge in [0.05, 0.1) is 0 Å². The van der Waals surface area contributed by atoms with Gasteiger partial charge < -0.3 is 15.2 Å². The zero-order chi connectivity index (χ0) is 13.5. The smallest absolute Gasteiger partial charge is 0.115 e. The highest BCUT2D eigenvalue weighted by atomic mass is 16.5. The molecule has 0 saturated carbocycles. The van der Waals surface area contributed by atoms with E-state index >= 15 is 0 Å². The van der Waals surface area contributed by atoms with Crippen LogP contribution in [-0.4, -0.2) is 30.9 Å². The molecule has 1 unspecified atom stereocenters. The molecule has 0 spiro atoms. The molecule has 0 aliphatic carbocycles. The molecule has 1 aliphatic heterocycles. The highest BCUT2D eigenvalue weighted by molar-refractivity contribution is 5.26. The third kappa shape index (κ3) is 4.51. The molecular weight excluding hydrogens is 238 g/mol. The van der Waals surface area contributed by atoms with Crippen LogP contribution in [0.2, 0.25) is 0 Å². The Kier molecular flexibility index (Phi) is 5.67. The molecule has 19 heavy (non-hydrogen) atoms. The maximum absolute atomic E-state index is 9.35. The predicted octanol–water partition coefficient (Wildman–Crippen LogP) is 2.73. The number of ether oxygens (including phenoxy) is 1. The molecule has 1 fully saturated rings. The monoisotopic (exact) mass is 263 g/mol. The van der Waals surface area contributed by atoms with Gasteiger partial charge in [-0.2, -0.15) is 0 Å². The summed E-state index contributed by atoms with van der Waals surface area (Å²) in [5, 5.41) is 13.0. The van der Waals surface area contributed by atoms with E-state index in [0.29, 0.717) is 17.7 Å². The SMILES string of the molecule is CCCNC(Cc1ccc(O)cc1)C1CCOCC1. The molecule has 2 rings (SSSR count). The van der Waals surface area contributed by atoms with E-state index in [2.05, 4.69) is 12.2 Å². The number of nitrogens with one attached hydrogen (secondary N) is 1. The molecule has 1 aromatic carbocycles. The van der Waals surface area contributed by atoms with E-state index in [1.165, 1.54) is 5.56 Å². The molecule has 1 saturated heterocycles. The van der Waals surface area contributed by atoms with Crippen molar-refractivity contribution in [1.82, 2.24) is 5.32 Å². The maximum atomic E-state index is 9.35. The lowest BCUT2D eigenvalue weighted by Crippen LogP contribution is -2.41. The van der Waals surface area contributed by atoms with Crippen molar-refractivity contribution in [2.24, 2.45) is 5.92 Å². The van der Waals surface area contributed by atoms with Gasteiger partial charge in [-0.25, -0.2) is 0 Å². The Bertz CT molecular complexity index is 358. The van der Waals surface area contributed by atoms with Crippen molar-refractivity contribution in [1.29, 1.82) is 0 Å². The van der Waals surface area contributed by atoms with Gasteiger partial charge in [-0.1, -0.05) is 19.1 Å². The van der Waals surface area contributed by atoms with E-state index in [9.17, 15) is 5.11 Å². The van der Waals surface area contributed by atoms with Gasteiger partial charge in [0, 0.05) is 19.3 Å². The zero-order valence-electron chi connectivity index (χ0n) is 11.8. The van der Waals surface area contributed by atoms with Gasteiger partial charge in [-0.05, 0) is 55.8 Å². The predicted molar refractivity (Wildman–Crippen MR) is 77.4 cm³/mol. The molecule has 1 atom stereocenters. The summed E-state index contributed by atoms with van der Waals surface area (Å²) in [7, 11) is 0. The Morgan fingerprint density at radius 1 is 1.26 bits per heavy atom. The van der Waals surface area contributed by atoms with Gasteiger partial charge in [-0.3, -0.25) is 0 Å². The third-order valence-electron chi connectivity index (χ3n) is 3.88. The summed E-state index contributed by atoms with van der Waals surface area (Å²) in [6, 6.07) is 8.12. The van der Waals surface area contributed by atoms with Crippen molar-refractivity contribution in [3.63, 3.8) is 0 Å². The van der Waals surface area contributed by atoms with Crippen LogP contribution in [0.3, 0.4) is 0 Å². The first-order valence-electron chi connectivity index (χ1n) is 7.38. The summed E-state index contributed by atoms with van der Waals surface area (Å²) in [5.41, 5.74) is 1.29. The fraction of sp³-hybridized carbons (Fsp3) is 0.625. The minimum absolute atomic E-state index is 0.341. The lowest BCUT2D eigenvalue weighted by Gasteiger charge is -2.31. The number of hydrogen-bond donors (Lipinski definition) is 2. The molecule has 0 aromatic heterocycles. The molecule has 0 bridgehead atoms. The van der Waals surface area contributed by atoms with Crippen molar-refractivity contribution >= 4 is 0 Å². The minimum Gasteiger partial charge on any atom is -0.508 e. The third-order valence-corrected chi connectivity index (χ3v) is 3.88. The Hall–Kier alpha value is -1.06. The summed E-state index contributed by atoms with van der Waals surface area (Å²) < 4.78 is 5.46. The average molecular weight is 263 g/mol. The number of aromatic hydroxyl groups is 1. The van der Waals surface area contributed by atoms with Gasteiger partial charge in [0.1, 0.15) is 5.75 Å². The molecule has 1 aromatic rings. The molecule has 1 heterocycles. The van der Waals surface area contributed by atoms with Crippen molar-refractivity contribution in [3.8, 4) is 5.75 Å². The van der Waals surface area contributed by atoms with E-state index in [1.807, 2.05) is 12.1 Å². The van der Waals surface area contributed by atoms with E-state index in [1.54, 1.807) is 12.1 Å². The van der Waals surface area contributed by atoms with Crippen LogP contribution in [0.25, 0.3) is 0 Å². The molecule has 0 amide bonds. The van der Waals surface area contributed by atoms with Crippen molar-refractivity contribution in [2.75, 3.05) is 19.8 Å². The Labute approximate surface area is 116 Å². The van der Waals surface area contributed by atoms with Gasteiger partial charge in [0.2, 0.25) is 0 Å². The number of phenols is 1. The Balaban J connectivity index is 1.97. The van der Waals surface area contributed by atoms with Crippen molar-refractivity contribution in [3.05, 3.63) is 29.8 Å². The molecule has 3 nitrogen and oxygen atoms in total. The maximum Gasteiger partial charge on any atom is 0.115 e. The van der Waals surface area contributed by atoms with Gasteiger partial charge in [0.25, 0.3) is 0 Å². The molecule has 2 N–H and O–H groups in total. The van der Waals surface area contributed by atoms with E-state index < -0.39 is 0 Å². The van der Waals surface area contributed by atoms with Crippen LogP contribution in [0, 0.1) is 5.92 Å². The van der Waals surface area contributed by atoms with Crippen LogP contribution in [0.15, 0.2) is 24.3 Å². The normalized spacial score (nSPS) is 18.4. The second kappa shape index (κ2) is 7.51. The van der Waals surface area contributed by atoms with E-state index in [4.69, 9.17) is 4.74 Å². The molecular formula is C16H25NO2. The van der Waals surface area contributed by atoms with Crippen LogP contribution in [-0.2, 0) is 11.2 Å². The topological polar surface area (TPSA) is 41.5 Å². The fourth-order valence-electron chi connectivity index (χ4n) is 2.74. The van der Waals surface area contributed by atoms with Crippen LogP contribution < -0.4 is 5.32 Å². The van der Waals surface area contributed by atoms with E-state index in [-0.39, 0.29) is 0 Å². The summed E-state index contributed by atoms with van der Waals surface area (Å²) >= 11 is 0. The van der Waals surface area contributed by atoms with Crippen LogP contribution >= 0.6 is 0 Å². The second-order valence-corrected chi connectivity index (χ2v) is 5.38. The highest BCUT2D eigenvalue weighted by Crippen LogP contribution is 2.22. The van der Waals surface area contributed by atoms with E-state index in [0.717, 1.165) is 45.4 Å². The fourth-order valence-corrected chi connectivity index (χ4v) is 2.74. The quantitative estimate of drug-likeness (QED) is 0.829. The summed E-state index contributed by atoms with van der Waals surface area (Å²) in [6.07, 6.45) is 4.50. The summed E-state index contributed by atoms with van der Waals surface area (Å²) in [5.74, 6) is 1.04. The minimum atomic E-state index is 0.341. The van der Waals surface area contributed by atoms with Gasteiger partial charge in [0.15, 0.2) is 0 Å². The van der Waals surface area contributed by atoms with Gasteiger partial charge >= 0.3 is 0 Å². The van der Waals surface area contributed by atoms with Crippen molar-refractivity contribution in [2.45, 2.75) is 38.6 Å². The number of rotatable bonds is 6. The zero-order valence-corrected chi connectivity index (χ0v) is 11.8. The highest BCUT2D eigenvalue weighted by Gasteiger charge is 2.23. The number of phenolic OH excluding ortho intramolecular Hbond substituents is 1. The molecule has 1 aliphatic rings. The lowest BCUT2D eigenvalue weighted by atomic mass is 9.87. The summed E-state index contributed by atoms with van der Waals surface area (Å²) in [4.78, 5) is 0. The lowest BCUT2D eigenvalue weighted by molar-refractivity contribution is 0.0538. The first-order valence-corrected chi connectivity index (χ1v) is 7.38. The summed E-state index contributed by atoms with van der Waals surface area (Å²) in [6.45, 7) is 5.06.